The van der Waals surface area contributed by atoms with Crippen molar-refractivity contribution < 1.29 is 9.18 Å². The molecule has 5 nitrogen and oxygen atoms in total. The summed E-state index contributed by atoms with van der Waals surface area (Å²) in [6.07, 6.45) is 0. The van der Waals surface area contributed by atoms with Crippen molar-refractivity contribution in [2.45, 2.75) is 0 Å². The second-order valence-corrected chi connectivity index (χ2v) is 6.60. The minimum Gasteiger partial charge on any atom is -0.376 e. The van der Waals surface area contributed by atoms with E-state index in [0.29, 0.717) is 17.1 Å². The number of carbonyl (C=O) groups excluding carboxylic acids is 1. The zero-order chi connectivity index (χ0) is 20.8. The molecule has 6 heteroatoms. The Balaban J connectivity index is 1.57. The molecule has 2 N–H and O–H groups in total. The molecule has 0 bridgehead atoms. The molecule has 4 rings (SSSR count). The molecule has 0 saturated carbocycles. The highest BCUT2D eigenvalue weighted by Crippen LogP contribution is 2.25. The molecular formula is C24H19FN4O. The van der Waals surface area contributed by atoms with E-state index in [0.717, 1.165) is 11.1 Å². The van der Waals surface area contributed by atoms with Gasteiger partial charge in [0, 0.05) is 16.8 Å². The first-order chi connectivity index (χ1) is 14.7. The number of hydrogen-bond donors (Lipinski definition) is 2. The highest BCUT2D eigenvalue weighted by atomic mass is 19.1. The Kier molecular flexibility index (Phi) is 5.75. The van der Waals surface area contributed by atoms with Crippen molar-refractivity contribution in [1.29, 1.82) is 0 Å². The number of nitrogens with one attached hydrogen (secondary N) is 2. The van der Waals surface area contributed by atoms with E-state index in [4.69, 9.17) is 0 Å². The maximum Gasteiger partial charge on any atom is 0.246 e. The molecule has 148 valence electrons. The fourth-order valence-corrected chi connectivity index (χ4v) is 2.94. The normalized spacial score (nSPS) is 10.4. The minimum absolute atomic E-state index is 0.00519. The lowest BCUT2D eigenvalue weighted by Gasteiger charge is -2.10. The van der Waals surface area contributed by atoms with Crippen LogP contribution in [-0.2, 0) is 4.79 Å². The predicted octanol–water partition coefficient (Wildman–Crippen LogP) is 5.00. The second kappa shape index (κ2) is 8.96. The first kappa shape index (κ1) is 19.3. The van der Waals surface area contributed by atoms with Crippen molar-refractivity contribution in [3.63, 3.8) is 0 Å². The molecule has 1 heterocycles. The van der Waals surface area contributed by atoms with Crippen molar-refractivity contribution in [2.24, 2.45) is 0 Å². The van der Waals surface area contributed by atoms with Crippen LogP contribution in [0.25, 0.3) is 22.5 Å². The number of nitrogens with zero attached hydrogens (tertiary/aromatic N) is 2. The lowest BCUT2D eigenvalue weighted by atomic mass is 10.1. The van der Waals surface area contributed by atoms with Crippen molar-refractivity contribution in [1.82, 2.24) is 9.97 Å². The van der Waals surface area contributed by atoms with Gasteiger partial charge in [-0.25, -0.2) is 14.4 Å². The number of aromatic nitrogens is 2. The molecule has 0 aliphatic heterocycles. The first-order valence-electron chi connectivity index (χ1n) is 9.46. The Hall–Kier alpha value is -4.06. The van der Waals surface area contributed by atoms with Crippen molar-refractivity contribution in [2.75, 3.05) is 17.2 Å². The van der Waals surface area contributed by atoms with Crippen molar-refractivity contribution >= 4 is 17.5 Å². The third kappa shape index (κ3) is 4.86. The zero-order valence-electron chi connectivity index (χ0n) is 16.0. The number of amides is 1. The van der Waals surface area contributed by atoms with Gasteiger partial charge >= 0.3 is 0 Å². The number of halogens is 1. The predicted molar refractivity (Wildman–Crippen MR) is 116 cm³/mol. The van der Waals surface area contributed by atoms with E-state index in [2.05, 4.69) is 20.6 Å². The monoisotopic (exact) mass is 398 g/mol. The zero-order valence-corrected chi connectivity index (χ0v) is 16.0. The van der Waals surface area contributed by atoms with Crippen LogP contribution in [0.1, 0.15) is 0 Å². The molecule has 0 radical (unpaired) electrons. The number of anilines is 2. The molecule has 1 aromatic heterocycles. The Bertz CT molecular complexity index is 1080. The van der Waals surface area contributed by atoms with Crippen molar-refractivity contribution in [3.8, 4) is 22.5 Å². The molecular weight excluding hydrogens is 379 g/mol. The average Bonchev–Trinajstić information content (AvgIpc) is 2.80. The standard InChI is InChI=1S/C24H19FN4O/c25-19-11-13-20(14-12-19)26-16-23(30)29-24-27-21(17-7-3-1-4-8-17)15-22(28-24)18-9-5-2-6-10-18/h1-15,26H,16H2,(H,27,28,29,30). The SMILES string of the molecule is O=C(CNc1ccc(F)cc1)Nc1nc(-c2ccccc2)cc(-c2ccccc2)n1. The van der Waals surface area contributed by atoms with Gasteiger partial charge in [-0.3, -0.25) is 10.1 Å². The Labute approximate surface area is 173 Å². The summed E-state index contributed by atoms with van der Waals surface area (Å²) in [4.78, 5) is 21.5. The van der Waals surface area contributed by atoms with Crippen LogP contribution in [-0.4, -0.2) is 22.4 Å². The molecule has 0 spiro atoms. The van der Waals surface area contributed by atoms with Crippen LogP contribution in [0.4, 0.5) is 16.0 Å². The van der Waals surface area contributed by atoms with Gasteiger partial charge < -0.3 is 5.32 Å². The largest absolute Gasteiger partial charge is 0.376 e. The smallest absolute Gasteiger partial charge is 0.246 e. The van der Waals surface area contributed by atoms with E-state index < -0.39 is 0 Å². The number of hydrogen-bond acceptors (Lipinski definition) is 4. The van der Waals surface area contributed by atoms with Gasteiger partial charge in [-0.1, -0.05) is 60.7 Å². The Morgan fingerprint density at radius 3 is 1.83 bits per heavy atom. The summed E-state index contributed by atoms with van der Waals surface area (Å²) in [7, 11) is 0. The minimum atomic E-state index is -0.329. The van der Waals surface area contributed by atoms with Gasteiger partial charge in [0.2, 0.25) is 11.9 Å². The van der Waals surface area contributed by atoms with Gasteiger partial charge in [-0.05, 0) is 30.3 Å². The molecule has 0 unspecified atom stereocenters. The highest BCUT2D eigenvalue weighted by Gasteiger charge is 2.11. The van der Waals surface area contributed by atoms with E-state index in [-0.39, 0.29) is 24.2 Å². The first-order valence-corrected chi connectivity index (χ1v) is 9.46. The van der Waals surface area contributed by atoms with Crippen LogP contribution >= 0.6 is 0 Å². The molecule has 0 atom stereocenters. The summed E-state index contributed by atoms with van der Waals surface area (Å²) < 4.78 is 13.0. The fourth-order valence-electron chi connectivity index (χ4n) is 2.94. The topological polar surface area (TPSA) is 66.9 Å². The quantitative estimate of drug-likeness (QED) is 0.480. The van der Waals surface area contributed by atoms with Gasteiger partial charge in [-0.15, -0.1) is 0 Å². The molecule has 0 saturated heterocycles. The summed E-state index contributed by atoms with van der Waals surface area (Å²) in [6.45, 7) is 0.00519. The summed E-state index contributed by atoms with van der Waals surface area (Å²) in [5.41, 5.74) is 3.93. The molecule has 1 amide bonds. The van der Waals surface area contributed by atoms with Gasteiger partial charge in [-0.2, -0.15) is 0 Å². The Morgan fingerprint density at radius 1 is 0.767 bits per heavy atom. The average molecular weight is 398 g/mol. The summed E-state index contributed by atoms with van der Waals surface area (Å²) >= 11 is 0. The summed E-state index contributed by atoms with van der Waals surface area (Å²) in [5, 5.41) is 5.70. The van der Waals surface area contributed by atoms with E-state index in [1.807, 2.05) is 66.7 Å². The van der Waals surface area contributed by atoms with Crippen molar-refractivity contribution in [3.05, 3.63) is 96.8 Å². The maximum absolute atomic E-state index is 13.0. The molecule has 30 heavy (non-hydrogen) atoms. The third-order valence-electron chi connectivity index (χ3n) is 4.41. The van der Waals surface area contributed by atoms with Gasteiger partial charge in [0.25, 0.3) is 0 Å². The van der Waals surface area contributed by atoms with Gasteiger partial charge in [0.05, 0.1) is 17.9 Å². The molecule has 0 aliphatic carbocycles. The van der Waals surface area contributed by atoms with Crippen LogP contribution in [0.2, 0.25) is 0 Å². The third-order valence-corrected chi connectivity index (χ3v) is 4.41. The lowest BCUT2D eigenvalue weighted by Crippen LogP contribution is -2.23. The number of carbonyl (C=O) groups is 1. The Morgan fingerprint density at radius 2 is 1.30 bits per heavy atom. The number of rotatable bonds is 6. The van der Waals surface area contributed by atoms with Crippen LogP contribution < -0.4 is 10.6 Å². The molecule has 0 fully saturated rings. The number of benzene rings is 3. The van der Waals surface area contributed by atoms with E-state index >= 15 is 0 Å². The highest BCUT2D eigenvalue weighted by molar-refractivity contribution is 5.92. The molecule has 0 aliphatic rings. The van der Waals surface area contributed by atoms with Crippen LogP contribution in [0, 0.1) is 5.82 Å². The summed E-state index contributed by atoms with van der Waals surface area (Å²) in [5.74, 6) is -0.408. The van der Waals surface area contributed by atoms with Crippen LogP contribution in [0.15, 0.2) is 91.0 Å². The van der Waals surface area contributed by atoms with E-state index in [1.165, 1.54) is 12.1 Å². The lowest BCUT2D eigenvalue weighted by molar-refractivity contribution is -0.114. The van der Waals surface area contributed by atoms with E-state index in [1.54, 1.807) is 12.1 Å². The van der Waals surface area contributed by atoms with E-state index in [9.17, 15) is 9.18 Å². The fraction of sp³-hybridized carbons (Fsp3) is 0.0417. The van der Waals surface area contributed by atoms with Gasteiger partial charge in [0.1, 0.15) is 5.82 Å². The molecule has 4 aromatic rings. The van der Waals surface area contributed by atoms with Gasteiger partial charge in [0.15, 0.2) is 0 Å². The summed E-state index contributed by atoms with van der Waals surface area (Å²) in [6, 6.07) is 27.2. The van der Waals surface area contributed by atoms with Crippen LogP contribution in [0.3, 0.4) is 0 Å². The maximum atomic E-state index is 13.0. The van der Waals surface area contributed by atoms with Crippen LogP contribution in [0.5, 0.6) is 0 Å². The molecule has 3 aromatic carbocycles. The second-order valence-electron chi connectivity index (χ2n) is 6.60.